The van der Waals surface area contributed by atoms with Crippen LogP contribution in [0.25, 0.3) is 21.8 Å². The monoisotopic (exact) mass is 644 g/mol. The van der Waals surface area contributed by atoms with Crippen molar-refractivity contribution in [3.8, 4) is 0 Å². The average Bonchev–Trinajstić information content (AvgIpc) is 3.38. The number of nitro benzene ring substituents is 1. The number of fused-ring (bicyclic) bond motifs is 3. The van der Waals surface area contributed by atoms with Gasteiger partial charge in [-0.25, -0.2) is 9.59 Å². The van der Waals surface area contributed by atoms with Gasteiger partial charge in [0.05, 0.1) is 4.92 Å². The van der Waals surface area contributed by atoms with Crippen LogP contribution in [-0.4, -0.2) is 44.4 Å². The van der Waals surface area contributed by atoms with Gasteiger partial charge in [0.25, 0.3) is 5.69 Å². The molecule has 248 valence electrons. The summed E-state index contributed by atoms with van der Waals surface area (Å²) in [6, 6.07) is 7.82. The molecule has 0 bridgehead atoms. The van der Waals surface area contributed by atoms with Gasteiger partial charge in [-0.3, -0.25) is 19.7 Å². The summed E-state index contributed by atoms with van der Waals surface area (Å²) in [5, 5.41) is 21.4. The van der Waals surface area contributed by atoms with Crippen LogP contribution in [0.1, 0.15) is 112 Å². The molecule has 0 unspecified atom stereocenters. The van der Waals surface area contributed by atoms with Gasteiger partial charge >= 0.3 is 11.9 Å². The van der Waals surface area contributed by atoms with Crippen LogP contribution >= 0.6 is 0 Å². The molecule has 5 rings (SSSR count). The lowest BCUT2D eigenvalue weighted by molar-refractivity contribution is -0.383. The first-order chi connectivity index (χ1) is 22.6. The Hall–Kier alpha value is -4.74. The highest BCUT2D eigenvalue weighted by molar-refractivity contribution is 6.48. The Morgan fingerprint density at radius 1 is 0.766 bits per heavy atom. The second-order valence-electron chi connectivity index (χ2n) is 12.4. The smallest absolute Gasteiger partial charge is 0.334 e. The topological polar surface area (TPSA) is 160 Å². The molecule has 2 saturated carbocycles. The number of hydrogen-bond donors (Lipinski definition) is 0. The Labute approximate surface area is 272 Å². The summed E-state index contributed by atoms with van der Waals surface area (Å²) < 4.78 is 1.67. The highest BCUT2D eigenvalue weighted by atomic mass is 16.7. The minimum Gasteiger partial charge on any atom is -0.338 e. The molecule has 0 spiro atoms. The Kier molecular flexibility index (Phi) is 10.6. The summed E-state index contributed by atoms with van der Waals surface area (Å²) in [6.07, 6.45) is 8.82. The van der Waals surface area contributed by atoms with Gasteiger partial charge in [-0.2, -0.15) is 0 Å². The standard InChI is InChI=1S/C35H40N4O8/c1-4-29(40)46-36-31(21-12-8-6-9-13-21)34(42)23-16-17-27-25(18-23)26-19-24(20-28(39(44)45)33(26)38(27)3)35(43)32(37-47-30(41)5-2)22-14-10-7-11-15-22/h16-22H,4-15H2,1-3H3/b36-31+,37-32+. The number of Topliss-reactive ketones (excluding diaryl/α,β-unsaturated/α-hetero) is 2. The minimum atomic E-state index is -0.584. The fourth-order valence-electron chi connectivity index (χ4n) is 6.73. The molecule has 0 atom stereocenters. The number of aromatic nitrogens is 1. The van der Waals surface area contributed by atoms with Gasteiger partial charge in [0.2, 0.25) is 11.6 Å². The molecular formula is C35H40N4O8. The van der Waals surface area contributed by atoms with Gasteiger partial charge in [-0.05, 0) is 49.9 Å². The molecule has 0 aliphatic heterocycles. The second-order valence-corrected chi connectivity index (χ2v) is 12.4. The lowest BCUT2D eigenvalue weighted by atomic mass is 9.83. The normalized spacial score (nSPS) is 16.7. The number of hydrogen-bond acceptors (Lipinski definition) is 10. The zero-order valence-corrected chi connectivity index (χ0v) is 27.1. The van der Waals surface area contributed by atoms with E-state index in [1.807, 2.05) is 0 Å². The molecule has 1 aromatic heterocycles. The number of oxime groups is 2. The van der Waals surface area contributed by atoms with E-state index in [1.165, 1.54) is 6.07 Å². The lowest BCUT2D eigenvalue weighted by Gasteiger charge is -2.22. The van der Waals surface area contributed by atoms with E-state index in [9.17, 15) is 29.3 Å². The van der Waals surface area contributed by atoms with Crippen LogP contribution in [0.2, 0.25) is 0 Å². The fourth-order valence-corrected chi connectivity index (χ4v) is 6.73. The maximum absolute atomic E-state index is 14.0. The van der Waals surface area contributed by atoms with Crippen molar-refractivity contribution in [3.63, 3.8) is 0 Å². The molecule has 12 heteroatoms. The summed E-state index contributed by atoms with van der Waals surface area (Å²) in [5.74, 6) is -2.45. The maximum atomic E-state index is 14.0. The van der Waals surface area contributed by atoms with E-state index in [2.05, 4.69) is 10.3 Å². The summed E-state index contributed by atoms with van der Waals surface area (Å²) >= 11 is 0. The van der Waals surface area contributed by atoms with Crippen LogP contribution in [0.5, 0.6) is 0 Å². The maximum Gasteiger partial charge on any atom is 0.334 e. The SMILES string of the molecule is CCC(=O)O/N=C(/C(=O)c1ccc2c(c1)c1cc(C(=O)/C(=N/OC(=O)CC)C3CCCCC3)cc([N+](=O)[O-])c1n2C)C1CCCCC1. The Morgan fingerprint density at radius 2 is 1.26 bits per heavy atom. The highest BCUT2D eigenvalue weighted by Gasteiger charge is 2.31. The Morgan fingerprint density at radius 3 is 1.74 bits per heavy atom. The van der Waals surface area contributed by atoms with Crippen LogP contribution in [0.15, 0.2) is 40.6 Å². The van der Waals surface area contributed by atoms with Crippen molar-refractivity contribution >= 4 is 62.4 Å². The molecule has 2 aliphatic rings. The van der Waals surface area contributed by atoms with E-state index in [0.717, 1.165) is 51.4 Å². The molecule has 0 radical (unpaired) electrons. The zero-order chi connectivity index (χ0) is 33.7. The van der Waals surface area contributed by atoms with E-state index in [1.54, 1.807) is 49.7 Å². The predicted octanol–water partition coefficient (Wildman–Crippen LogP) is 7.38. The number of nitrogens with zero attached hydrogens (tertiary/aromatic N) is 4. The first kappa shape index (κ1) is 33.6. The third kappa shape index (κ3) is 7.16. The molecule has 2 fully saturated rings. The van der Waals surface area contributed by atoms with Gasteiger partial charge in [0, 0.05) is 65.2 Å². The van der Waals surface area contributed by atoms with E-state index in [4.69, 9.17) is 9.68 Å². The lowest BCUT2D eigenvalue weighted by Crippen LogP contribution is -2.27. The molecule has 1 heterocycles. The number of benzene rings is 2. The molecule has 0 saturated heterocycles. The Bertz CT molecular complexity index is 1790. The van der Waals surface area contributed by atoms with Gasteiger partial charge in [-0.15, -0.1) is 0 Å². The van der Waals surface area contributed by atoms with E-state index < -0.39 is 22.6 Å². The quantitative estimate of drug-likeness (QED) is 0.0687. The summed E-state index contributed by atoms with van der Waals surface area (Å²) in [6.45, 7) is 3.27. The van der Waals surface area contributed by atoms with Gasteiger partial charge < -0.3 is 14.2 Å². The minimum absolute atomic E-state index is 0.0428. The fraction of sp³-hybridized carbons (Fsp3) is 0.486. The van der Waals surface area contributed by atoms with Crippen LogP contribution in [0.4, 0.5) is 5.69 Å². The molecule has 2 aromatic carbocycles. The largest absolute Gasteiger partial charge is 0.338 e. The van der Waals surface area contributed by atoms with Crippen LogP contribution in [-0.2, 0) is 26.3 Å². The molecule has 0 N–H and O–H groups in total. The summed E-state index contributed by atoms with van der Waals surface area (Å²) in [7, 11) is 1.69. The summed E-state index contributed by atoms with van der Waals surface area (Å²) in [4.78, 5) is 73.9. The zero-order valence-electron chi connectivity index (χ0n) is 27.1. The van der Waals surface area contributed by atoms with Gasteiger partial charge in [-0.1, -0.05) is 62.7 Å². The van der Waals surface area contributed by atoms with Gasteiger partial charge in [0.15, 0.2) is 0 Å². The molecule has 2 aliphatic carbocycles. The van der Waals surface area contributed by atoms with Crippen LogP contribution in [0.3, 0.4) is 0 Å². The van der Waals surface area contributed by atoms with E-state index in [0.29, 0.717) is 29.1 Å². The number of nitro groups is 1. The number of ketones is 2. The van der Waals surface area contributed by atoms with Crippen molar-refractivity contribution in [2.75, 3.05) is 0 Å². The highest BCUT2D eigenvalue weighted by Crippen LogP contribution is 2.37. The number of non-ortho nitro benzene ring substituents is 1. The molecule has 12 nitrogen and oxygen atoms in total. The molecule has 0 amide bonds. The number of carbonyl (C=O) groups is 4. The van der Waals surface area contributed by atoms with Crippen LogP contribution in [0, 0.1) is 22.0 Å². The Balaban J connectivity index is 1.63. The molecular weight excluding hydrogens is 604 g/mol. The van der Waals surface area contributed by atoms with Crippen molar-refractivity contribution in [1.82, 2.24) is 4.57 Å². The first-order valence-electron chi connectivity index (χ1n) is 16.5. The van der Waals surface area contributed by atoms with Crippen molar-refractivity contribution in [1.29, 1.82) is 0 Å². The van der Waals surface area contributed by atoms with Gasteiger partial charge in [0.1, 0.15) is 16.9 Å². The van der Waals surface area contributed by atoms with Crippen molar-refractivity contribution in [2.24, 2.45) is 29.2 Å². The second kappa shape index (κ2) is 14.8. The van der Waals surface area contributed by atoms with E-state index >= 15 is 0 Å². The average molecular weight is 645 g/mol. The third-order valence-electron chi connectivity index (χ3n) is 9.31. The van der Waals surface area contributed by atoms with Crippen LogP contribution < -0.4 is 0 Å². The number of aryl methyl sites for hydroxylation is 1. The van der Waals surface area contributed by atoms with Crippen molar-refractivity contribution in [3.05, 3.63) is 51.6 Å². The number of rotatable bonds is 11. The van der Waals surface area contributed by atoms with E-state index in [-0.39, 0.29) is 64.2 Å². The van der Waals surface area contributed by atoms with Crippen molar-refractivity contribution < 1.29 is 33.8 Å². The van der Waals surface area contributed by atoms with Crippen molar-refractivity contribution in [2.45, 2.75) is 90.9 Å². The molecule has 3 aromatic rings. The molecule has 47 heavy (non-hydrogen) atoms. The number of carbonyl (C=O) groups excluding carboxylic acids is 4. The summed E-state index contributed by atoms with van der Waals surface area (Å²) in [5.41, 5.74) is 1.23. The predicted molar refractivity (Wildman–Crippen MR) is 177 cm³/mol. The first-order valence-corrected chi connectivity index (χ1v) is 16.5. The third-order valence-corrected chi connectivity index (χ3v) is 9.31.